The minimum atomic E-state index is -0.0997. The van der Waals surface area contributed by atoms with Gasteiger partial charge in [0.25, 0.3) is 0 Å². The van der Waals surface area contributed by atoms with Crippen LogP contribution in [0.3, 0.4) is 0 Å². The molecule has 1 aromatic carbocycles. The number of hydrogen-bond donors (Lipinski definition) is 1. The molecule has 0 spiro atoms. The Balaban J connectivity index is 2.56. The molecule has 3 heteroatoms. The van der Waals surface area contributed by atoms with Crippen molar-refractivity contribution < 1.29 is 0 Å². The van der Waals surface area contributed by atoms with Gasteiger partial charge < -0.3 is 5.73 Å². The summed E-state index contributed by atoms with van der Waals surface area (Å²) in [6.07, 6.45) is 2.14. The lowest BCUT2D eigenvalue weighted by atomic mass is 10.0. The zero-order chi connectivity index (χ0) is 9.64. The average molecular weight is 261 g/mol. The van der Waals surface area contributed by atoms with Gasteiger partial charge in [-0.15, -0.1) is 0 Å². The van der Waals surface area contributed by atoms with Gasteiger partial charge in [-0.1, -0.05) is 27.5 Å². The van der Waals surface area contributed by atoms with Crippen LogP contribution < -0.4 is 5.73 Å². The molecular formula is C10H11BrClN. The van der Waals surface area contributed by atoms with E-state index in [4.69, 9.17) is 17.3 Å². The summed E-state index contributed by atoms with van der Waals surface area (Å²) in [5.41, 5.74) is 8.33. The number of rotatable bonds is 1. The van der Waals surface area contributed by atoms with Crippen molar-refractivity contribution in [1.29, 1.82) is 0 Å². The molecule has 1 aliphatic rings. The first kappa shape index (κ1) is 9.50. The summed E-state index contributed by atoms with van der Waals surface area (Å²) >= 11 is 9.49. The van der Waals surface area contributed by atoms with Gasteiger partial charge in [0, 0.05) is 15.0 Å². The monoisotopic (exact) mass is 259 g/mol. The van der Waals surface area contributed by atoms with Gasteiger partial charge in [0.05, 0.1) is 0 Å². The van der Waals surface area contributed by atoms with E-state index in [-0.39, 0.29) is 5.54 Å². The molecule has 0 saturated heterocycles. The first-order chi connectivity index (χ1) is 6.03. The Bertz CT molecular complexity index is 358. The highest BCUT2D eigenvalue weighted by Crippen LogP contribution is 2.45. The Morgan fingerprint density at radius 3 is 2.62 bits per heavy atom. The fraction of sp³-hybridized carbons (Fsp3) is 0.400. The van der Waals surface area contributed by atoms with E-state index in [2.05, 4.69) is 22.0 Å². The zero-order valence-electron chi connectivity index (χ0n) is 7.40. The van der Waals surface area contributed by atoms with Crippen LogP contribution in [0, 0.1) is 6.92 Å². The molecule has 0 bridgehead atoms. The average Bonchev–Trinajstić information content (AvgIpc) is 2.77. The molecule has 0 atom stereocenters. The number of halogens is 2. The van der Waals surface area contributed by atoms with E-state index in [0.717, 1.165) is 27.9 Å². The Morgan fingerprint density at radius 1 is 1.46 bits per heavy atom. The van der Waals surface area contributed by atoms with E-state index < -0.39 is 0 Å². The third-order valence-corrected chi connectivity index (χ3v) is 3.48. The topological polar surface area (TPSA) is 26.0 Å². The summed E-state index contributed by atoms with van der Waals surface area (Å²) in [6, 6.07) is 3.99. The minimum Gasteiger partial charge on any atom is -0.321 e. The van der Waals surface area contributed by atoms with Crippen LogP contribution in [-0.4, -0.2) is 0 Å². The largest absolute Gasteiger partial charge is 0.321 e. The van der Waals surface area contributed by atoms with Crippen LogP contribution in [0.5, 0.6) is 0 Å². The number of benzene rings is 1. The van der Waals surface area contributed by atoms with Gasteiger partial charge in [0.1, 0.15) is 0 Å². The molecule has 1 aliphatic carbocycles. The van der Waals surface area contributed by atoms with Gasteiger partial charge in [-0.2, -0.15) is 0 Å². The number of nitrogens with two attached hydrogens (primary N) is 1. The molecule has 0 radical (unpaired) electrons. The van der Waals surface area contributed by atoms with E-state index >= 15 is 0 Å². The predicted molar refractivity (Wildman–Crippen MR) is 59.0 cm³/mol. The third kappa shape index (κ3) is 1.63. The van der Waals surface area contributed by atoms with Crippen LogP contribution in [0.2, 0.25) is 5.02 Å². The van der Waals surface area contributed by atoms with Crippen molar-refractivity contribution >= 4 is 27.5 Å². The Morgan fingerprint density at radius 2 is 2.08 bits per heavy atom. The first-order valence-corrected chi connectivity index (χ1v) is 5.45. The third-order valence-electron chi connectivity index (χ3n) is 2.63. The van der Waals surface area contributed by atoms with E-state index in [0.29, 0.717) is 0 Å². The lowest BCUT2D eigenvalue weighted by molar-refractivity contribution is 0.732. The van der Waals surface area contributed by atoms with Gasteiger partial charge in [-0.3, -0.25) is 0 Å². The van der Waals surface area contributed by atoms with Gasteiger partial charge >= 0.3 is 0 Å². The zero-order valence-corrected chi connectivity index (χ0v) is 9.74. The molecule has 70 valence electrons. The molecule has 1 aromatic rings. The van der Waals surface area contributed by atoms with Crippen LogP contribution in [0.4, 0.5) is 0 Å². The predicted octanol–water partition coefficient (Wildman–Crippen LogP) is 3.36. The summed E-state index contributed by atoms with van der Waals surface area (Å²) in [5, 5.41) is 0.793. The van der Waals surface area contributed by atoms with Crippen LogP contribution in [0.15, 0.2) is 16.6 Å². The molecule has 1 nitrogen and oxygen atoms in total. The maximum atomic E-state index is 6.13. The van der Waals surface area contributed by atoms with Crippen LogP contribution in [0.25, 0.3) is 0 Å². The minimum absolute atomic E-state index is 0.0997. The van der Waals surface area contributed by atoms with E-state index in [1.54, 1.807) is 0 Å². The molecule has 0 aromatic heterocycles. The number of hydrogen-bond acceptors (Lipinski definition) is 1. The Labute approximate surface area is 91.4 Å². The van der Waals surface area contributed by atoms with Gasteiger partial charge in [0.2, 0.25) is 0 Å². The molecule has 13 heavy (non-hydrogen) atoms. The molecule has 0 unspecified atom stereocenters. The Kier molecular flexibility index (Phi) is 2.17. The second-order valence-corrected chi connectivity index (χ2v) is 5.04. The Hall–Kier alpha value is -0.0500. The molecule has 2 rings (SSSR count). The maximum Gasteiger partial charge on any atom is 0.0449 e. The highest BCUT2D eigenvalue weighted by molar-refractivity contribution is 9.10. The van der Waals surface area contributed by atoms with E-state index in [9.17, 15) is 0 Å². The molecule has 1 saturated carbocycles. The smallest absolute Gasteiger partial charge is 0.0449 e. The molecule has 0 amide bonds. The van der Waals surface area contributed by atoms with Gasteiger partial charge in [-0.25, -0.2) is 0 Å². The highest BCUT2D eigenvalue weighted by Gasteiger charge is 2.41. The van der Waals surface area contributed by atoms with Gasteiger partial charge in [0.15, 0.2) is 0 Å². The molecule has 0 heterocycles. The molecule has 2 N–H and O–H groups in total. The van der Waals surface area contributed by atoms with E-state index in [1.165, 1.54) is 5.56 Å². The quantitative estimate of drug-likeness (QED) is 0.823. The van der Waals surface area contributed by atoms with Crippen molar-refractivity contribution in [3.05, 3.63) is 32.8 Å². The lowest BCUT2D eigenvalue weighted by Gasteiger charge is -2.14. The van der Waals surface area contributed by atoms with Crippen LogP contribution in [0.1, 0.15) is 24.0 Å². The lowest BCUT2D eigenvalue weighted by Crippen LogP contribution is -2.20. The van der Waals surface area contributed by atoms with E-state index in [1.807, 2.05) is 13.0 Å². The summed E-state index contributed by atoms with van der Waals surface area (Å²) in [4.78, 5) is 0. The fourth-order valence-corrected chi connectivity index (χ4v) is 2.38. The van der Waals surface area contributed by atoms with Crippen molar-refractivity contribution in [3.8, 4) is 0 Å². The highest BCUT2D eigenvalue weighted by atomic mass is 79.9. The maximum absolute atomic E-state index is 6.13. The molecule has 0 aliphatic heterocycles. The van der Waals surface area contributed by atoms with Crippen molar-refractivity contribution in [2.75, 3.05) is 0 Å². The summed E-state index contributed by atoms with van der Waals surface area (Å²) < 4.78 is 1.01. The second kappa shape index (κ2) is 2.97. The second-order valence-electron chi connectivity index (χ2n) is 3.72. The SMILES string of the molecule is Cc1c(Cl)cc(Br)cc1C1(N)CC1. The molecular weight excluding hydrogens is 249 g/mol. The first-order valence-electron chi connectivity index (χ1n) is 4.28. The standard InChI is InChI=1S/C10H11BrClN/c1-6-8(10(13)2-3-10)4-7(11)5-9(6)12/h4-5H,2-3,13H2,1H3. The van der Waals surface area contributed by atoms with Crippen molar-refractivity contribution in [2.24, 2.45) is 5.73 Å². The van der Waals surface area contributed by atoms with Crippen molar-refractivity contribution in [1.82, 2.24) is 0 Å². The summed E-state index contributed by atoms with van der Waals surface area (Å²) in [7, 11) is 0. The summed E-state index contributed by atoms with van der Waals surface area (Å²) in [5.74, 6) is 0. The summed E-state index contributed by atoms with van der Waals surface area (Å²) in [6.45, 7) is 2.02. The fourth-order valence-electron chi connectivity index (χ4n) is 1.57. The van der Waals surface area contributed by atoms with Crippen LogP contribution in [-0.2, 0) is 5.54 Å². The molecule has 1 fully saturated rings. The van der Waals surface area contributed by atoms with Gasteiger partial charge in [-0.05, 0) is 43.0 Å². The van der Waals surface area contributed by atoms with Crippen molar-refractivity contribution in [3.63, 3.8) is 0 Å². The van der Waals surface area contributed by atoms with Crippen molar-refractivity contribution in [2.45, 2.75) is 25.3 Å². The van der Waals surface area contributed by atoms with Crippen LogP contribution >= 0.6 is 27.5 Å². The normalized spacial score (nSPS) is 18.8.